The number of carbonyl (C=O) groups excluding carboxylic acids is 1. The Morgan fingerprint density at radius 2 is 1.11 bits per heavy atom. The van der Waals surface area contributed by atoms with Crippen LogP contribution in [0.25, 0.3) is 22.3 Å². The molecule has 0 saturated heterocycles. The molecule has 3 aromatic carbocycles. The highest BCUT2D eigenvalue weighted by atomic mass is 16.5. The van der Waals surface area contributed by atoms with Gasteiger partial charge in [-0.15, -0.1) is 0 Å². The lowest BCUT2D eigenvalue weighted by Gasteiger charge is -2.09. The number of carbonyl (C=O) groups is 1. The maximum Gasteiger partial charge on any atom is 0.338 e. The van der Waals surface area contributed by atoms with Gasteiger partial charge >= 0.3 is 5.97 Å². The van der Waals surface area contributed by atoms with Crippen LogP contribution in [0, 0.1) is 0 Å². The smallest absolute Gasteiger partial charge is 0.338 e. The second-order valence-electron chi connectivity index (χ2n) is 7.05. The van der Waals surface area contributed by atoms with E-state index in [2.05, 4.69) is 69.0 Å². The third-order valence-corrected chi connectivity index (χ3v) is 4.54. The first kappa shape index (κ1) is 18.7. The van der Waals surface area contributed by atoms with E-state index in [1.165, 1.54) is 16.7 Å². The Kier molecular flexibility index (Phi) is 5.56. The van der Waals surface area contributed by atoms with Gasteiger partial charge in [-0.1, -0.05) is 81.1 Å². The van der Waals surface area contributed by atoms with Crippen molar-refractivity contribution in [2.75, 3.05) is 0 Å². The molecule has 0 heterocycles. The normalized spacial score (nSPS) is 10.7. The van der Waals surface area contributed by atoms with E-state index in [-0.39, 0.29) is 0 Å². The molecular weight excluding hydrogens is 332 g/mol. The molecule has 3 rings (SSSR count). The summed E-state index contributed by atoms with van der Waals surface area (Å²) in [7, 11) is 0. The fraction of sp³-hybridized carbons (Fsp3) is 0.160. The first-order chi connectivity index (χ1) is 12.9. The van der Waals surface area contributed by atoms with E-state index in [4.69, 9.17) is 4.74 Å². The lowest BCUT2D eigenvalue weighted by Crippen LogP contribution is -2.07. The predicted octanol–water partition coefficient (Wildman–Crippen LogP) is 6.63. The molecule has 0 saturated carbocycles. The van der Waals surface area contributed by atoms with Crippen molar-refractivity contribution in [3.63, 3.8) is 0 Å². The van der Waals surface area contributed by atoms with Crippen LogP contribution in [0.1, 0.15) is 32.3 Å². The summed E-state index contributed by atoms with van der Waals surface area (Å²) < 4.78 is 5.23. The summed E-state index contributed by atoms with van der Waals surface area (Å²) in [6, 6.07) is 24.7. The Morgan fingerprint density at radius 1 is 0.741 bits per heavy atom. The molecule has 0 aliphatic rings. The minimum Gasteiger partial charge on any atom is -0.423 e. The number of benzene rings is 3. The van der Waals surface area contributed by atoms with Crippen molar-refractivity contribution in [2.45, 2.75) is 26.7 Å². The molecule has 0 aromatic heterocycles. The molecule has 0 unspecified atom stereocenters. The largest absolute Gasteiger partial charge is 0.423 e. The van der Waals surface area contributed by atoms with E-state index in [0.29, 0.717) is 17.2 Å². The van der Waals surface area contributed by atoms with Gasteiger partial charge in [-0.3, -0.25) is 0 Å². The van der Waals surface area contributed by atoms with Crippen LogP contribution in [0.3, 0.4) is 0 Å². The monoisotopic (exact) mass is 356 g/mol. The van der Waals surface area contributed by atoms with E-state index >= 15 is 0 Å². The summed E-state index contributed by atoms with van der Waals surface area (Å²) >= 11 is 0. The average Bonchev–Trinajstić information content (AvgIpc) is 2.69. The Labute approximate surface area is 161 Å². The summed E-state index contributed by atoms with van der Waals surface area (Å²) in [6.07, 6.45) is 0. The molecule has 2 nitrogen and oxygen atoms in total. The number of ether oxygens (including phenoxy) is 1. The summed E-state index contributed by atoms with van der Waals surface area (Å²) in [5.74, 6) is 0.656. The Balaban J connectivity index is 1.75. The molecule has 0 N–H and O–H groups in total. The van der Waals surface area contributed by atoms with Crippen LogP contribution >= 0.6 is 0 Å². The number of hydrogen-bond donors (Lipinski definition) is 0. The lowest BCUT2D eigenvalue weighted by molar-refractivity contribution is -0.130. The average molecular weight is 356 g/mol. The molecule has 0 bridgehead atoms. The Morgan fingerprint density at radius 3 is 1.48 bits per heavy atom. The van der Waals surface area contributed by atoms with Gasteiger partial charge in [-0.25, -0.2) is 4.79 Å². The highest BCUT2D eigenvalue weighted by Gasteiger charge is 2.06. The summed E-state index contributed by atoms with van der Waals surface area (Å²) in [4.78, 5) is 11.6. The van der Waals surface area contributed by atoms with Crippen molar-refractivity contribution < 1.29 is 9.53 Å². The molecule has 2 heteroatoms. The van der Waals surface area contributed by atoms with Crippen molar-refractivity contribution in [1.29, 1.82) is 0 Å². The number of rotatable bonds is 5. The van der Waals surface area contributed by atoms with Crippen LogP contribution in [0.5, 0.6) is 5.75 Å². The number of hydrogen-bond acceptors (Lipinski definition) is 2. The van der Waals surface area contributed by atoms with Crippen LogP contribution in [-0.4, -0.2) is 5.97 Å². The SMILES string of the molecule is C=C(C)C(=O)Oc1ccc(-c2ccc(-c3ccc(C(C)C)cc3)cc2)cc1. The zero-order chi connectivity index (χ0) is 19.4. The van der Waals surface area contributed by atoms with Crippen molar-refractivity contribution in [3.8, 4) is 28.0 Å². The van der Waals surface area contributed by atoms with Gasteiger partial charge in [-0.2, -0.15) is 0 Å². The van der Waals surface area contributed by atoms with Crippen molar-refractivity contribution >= 4 is 5.97 Å². The van der Waals surface area contributed by atoms with Crippen LogP contribution in [0.2, 0.25) is 0 Å². The minimum atomic E-state index is -0.407. The topological polar surface area (TPSA) is 26.3 Å². The van der Waals surface area contributed by atoms with Crippen molar-refractivity contribution in [1.82, 2.24) is 0 Å². The zero-order valence-electron chi connectivity index (χ0n) is 16.0. The van der Waals surface area contributed by atoms with E-state index in [0.717, 1.165) is 11.1 Å². The van der Waals surface area contributed by atoms with Gasteiger partial charge in [-0.05, 0) is 52.8 Å². The molecule has 0 atom stereocenters. The third-order valence-electron chi connectivity index (χ3n) is 4.54. The first-order valence-electron chi connectivity index (χ1n) is 9.12. The molecule has 0 radical (unpaired) electrons. The molecule has 0 spiro atoms. The van der Waals surface area contributed by atoms with E-state index in [1.807, 2.05) is 12.1 Å². The quantitative estimate of drug-likeness (QED) is 0.291. The Bertz CT molecular complexity index is 931. The molecule has 0 aliphatic carbocycles. The first-order valence-corrected chi connectivity index (χ1v) is 9.12. The lowest BCUT2D eigenvalue weighted by atomic mass is 9.97. The predicted molar refractivity (Wildman–Crippen MR) is 112 cm³/mol. The van der Waals surface area contributed by atoms with Crippen LogP contribution in [-0.2, 0) is 4.79 Å². The van der Waals surface area contributed by atoms with Crippen LogP contribution in [0.4, 0.5) is 0 Å². The van der Waals surface area contributed by atoms with Gasteiger partial charge in [0, 0.05) is 5.57 Å². The van der Waals surface area contributed by atoms with Gasteiger partial charge in [0.25, 0.3) is 0 Å². The number of esters is 1. The molecule has 0 fully saturated rings. The van der Waals surface area contributed by atoms with E-state index in [9.17, 15) is 4.79 Å². The van der Waals surface area contributed by atoms with E-state index < -0.39 is 5.97 Å². The van der Waals surface area contributed by atoms with Crippen molar-refractivity contribution in [3.05, 3.63) is 90.5 Å². The van der Waals surface area contributed by atoms with Gasteiger partial charge in [0.2, 0.25) is 0 Å². The summed E-state index contributed by atoms with van der Waals surface area (Å²) in [5, 5.41) is 0. The van der Waals surface area contributed by atoms with E-state index in [1.54, 1.807) is 19.1 Å². The summed E-state index contributed by atoms with van der Waals surface area (Å²) in [5.41, 5.74) is 6.34. The Hall–Kier alpha value is -3.13. The highest BCUT2D eigenvalue weighted by Crippen LogP contribution is 2.27. The second kappa shape index (κ2) is 8.05. The molecule has 0 aliphatic heterocycles. The van der Waals surface area contributed by atoms with Gasteiger partial charge in [0.1, 0.15) is 5.75 Å². The minimum absolute atomic E-state index is 0.385. The third kappa shape index (κ3) is 4.53. The summed E-state index contributed by atoms with van der Waals surface area (Å²) in [6.45, 7) is 9.63. The van der Waals surface area contributed by atoms with Crippen LogP contribution < -0.4 is 4.74 Å². The molecule has 0 amide bonds. The molecule has 136 valence electrons. The molecule has 27 heavy (non-hydrogen) atoms. The molecule has 3 aromatic rings. The van der Waals surface area contributed by atoms with Crippen LogP contribution in [0.15, 0.2) is 84.9 Å². The van der Waals surface area contributed by atoms with Gasteiger partial charge in [0.05, 0.1) is 0 Å². The highest BCUT2D eigenvalue weighted by molar-refractivity contribution is 5.88. The fourth-order valence-electron chi connectivity index (χ4n) is 2.83. The standard InChI is InChI=1S/C25H24O2/c1-17(2)19-5-7-20(8-6-19)21-9-11-22(12-10-21)23-13-15-24(16-14-23)27-25(26)18(3)4/h5-17H,3H2,1-2,4H3. The maximum absolute atomic E-state index is 11.6. The zero-order valence-corrected chi connectivity index (χ0v) is 16.0. The maximum atomic E-state index is 11.6. The fourth-order valence-corrected chi connectivity index (χ4v) is 2.83. The van der Waals surface area contributed by atoms with Gasteiger partial charge in [0.15, 0.2) is 0 Å². The van der Waals surface area contributed by atoms with Crippen molar-refractivity contribution in [2.24, 2.45) is 0 Å². The molecular formula is C25H24O2. The second-order valence-corrected chi connectivity index (χ2v) is 7.05. The van der Waals surface area contributed by atoms with Gasteiger partial charge < -0.3 is 4.74 Å².